The third-order valence-electron chi connectivity index (χ3n) is 3.96. The van der Waals surface area contributed by atoms with Crippen molar-refractivity contribution in [2.75, 3.05) is 13.2 Å². The molecule has 0 aliphatic carbocycles. The predicted octanol–water partition coefficient (Wildman–Crippen LogP) is 4.18. The van der Waals surface area contributed by atoms with Crippen molar-refractivity contribution in [1.82, 2.24) is 15.1 Å². The van der Waals surface area contributed by atoms with Gasteiger partial charge in [0.05, 0.1) is 17.0 Å². The van der Waals surface area contributed by atoms with Crippen LogP contribution in [0.4, 0.5) is 0 Å². The Bertz CT molecular complexity index is 922. The zero-order valence-corrected chi connectivity index (χ0v) is 16.4. The number of aromatic nitrogens is 2. The first-order valence-corrected chi connectivity index (χ1v) is 9.10. The molecule has 142 valence electrons. The first kappa shape index (κ1) is 19.3. The van der Waals surface area contributed by atoms with E-state index in [-0.39, 0.29) is 18.6 Å². The quantitative estimate of drug-likeness (QED) is 0.637. The van der Waals surface area contributed by atoms with E-state index in [1.807, 2.05) is 36.7 Å². The van der Waals surface area contributed by atoms with Crippen LogP contribution in [0.2, 0.25) is 10.0 Å². The maximum atomic E-state index is 12.2. The molecular weight excluding hydrogens is 389 g/mol. The monoisotopic (exact) mass is 407 g/mol. The molecule has 2 aromatic heterocycles. The second kappa shape index (κ2) is 8.50. The van der Waals surface area contributed by atoms with Gasteiger partial charge < -0.3 is 14.5 Å². The summed E-state index contributed by atoms with van der Waals surface area (Å²) in [5.74, 6) is 0.833. The molecule has 1 atom stereocenters. The SMILES string of the molecule is Cc1cc(C)n(C(CNC(=O)COc2ccc(Cl)cc2Cl)c2ccco2)n1. The van der Waals surface area contributed by atoms with Crippen LogP contribution in [0.5, 0.6) is 5.75 Å². The Hall–Kier alpha value is -2.44. The Morgan fingerprint density at radius 3 is 2.74 bits per heavy atom. The molecule has 0 saturated carbocycles. The summed E-state index contributed by atoms with van der Waals surface area (Å²) in [6.45, 7) is 4.03. The molecule has 3 rings (SSSR count). The van der Waals surface area contributed by atoms with Crippen LogP contribution in [0.3, 0.4) is 0 Å². The summed E-state index contributed by atoms with van der Waals surface area (Å²) in [7, 11) is 0. The number of halogens is 2. The molecule has 1 N–H and O–H groups in total. The zero-order chi connectivity index (χ0) is 19.4. The summed E-state index contributed by atoms with van der Waals surface area (Å²) in [5.41, 5.74) is 1.88. The second-order valence-electron chi connectivity index (χ2n) is 6.07. The highest BCUT2D eigenvalue weighted by atomic mass is 35.5. The van der Waals surface area contributed by atoms with E-state index in [2.05, 4.69) is 10.4 Å². The van der Waals surface area contributed by atoms with Gasteiger partial charge in [0.25, 0.3) is 5.91 Å². The van der Waals surface area contributed by atoms with Crippen LogP contribution in [0, 0.1) is 13.8 Å². The number of hydrogen-bond donors (Lipinski definition) is 1. The Morgan fingerprint density at radius 2 is 2.11 bits per heavy atom. The van der Waals surface area contributed by atoms with Crippen LogP contribution in [0.15, 0.2) is 47.1 Å². The minimum atomic E-state index is -0.279. The molecule has 2 heterocycles. The van der Waals surface area contributed by atoms with Gasteiger partial charge in [-0.1, -0.05) is 23.2 Å². The third kappa shape index (κ3) is 4.84. The summed E-state index contributed by atoms with van der Waals surface area (Å²) in [6.07, 6.45) is 1.60. The molecule has 0 radical (unpaired) electrons. The number of benzene rings is 1. The fourth-order valence-corrected chi connectivity index (χ4v) is 3.21. The van der Waals surface area contributed by atoms with Crippen molar-refractivity contribution < 1.29 is 13.9 Å². The fraction of sp³-hybridized carbons (Fsp3) is 0.263. The lowest BCUT2D eigenvalue weighted by atomic mass is 10.2. The van der Waals surface area contributed by atoms with Gasteiger partial charge in [0.2, 0.25) is 0 Å². The van der Waals surface area contributed by atoms with Crippen LogP contribution < -0.4 is 10.1 Å². The number of carbonyl (C=O) groups excluding carboxylic acids is 1. The summed E-state index contributed by atoms with van der Waals surface area (Å²) in [4.78, 5) is 12.2. The Kier molecular flexibility index (Phi) is 6.08. The standard InChI is InChI=1S/C19H19Cl2N3O3/c1-12-8-13(2)24(23-12)16(18-4-3-7-26-18)10-22-19(25)11-27-17-6-5-14(20)9-15(17)21/h3-9,16H,10-11H2,1-2H3,(H,22,25). The Labute approximate surface area is 167 Å². The molecule has 27 heavy (non-hydrogen) atoms. The lowest BCUT2D eigenvalue weighted by molar-refractivity contribution is -0.123. The van der Waals surface area contributed by atoms with Crippen LogP contribution >= 0.6 is 23.2 Å². The average molecular weight is 408 g/mol. The maximum Gasteiger partial charge on any atom is 0.258 e. The van der Waals surface area contributed by atoms with Gasteiger partial charge in [0.15, 0.2) is 6.61 Å². The van der Waals surface area contributed by atoms with Crippen molar-refractivity contribution in [3.05, 3.63) is 69.9 Å². The highest BCUT2D eigenvalue weighted by Crippen LogP contribution is 2.27. The number of amides is 1. The molecule has 0 saturated heterocycles. The van der Waals surface area contributed by atoms with E-state index in [0.717, 1.165) is 11.4 Å². The van der Waals surface area contributed by atoms with Gasteiger partial charge in [-0.3, -0.25) is 9.48 Å². The molecule has 1 unspecified atom stereocenters. The van der Waals surface area contributed by atoms with Gasteiger partial charge in [0, 0.05) is 17.3 Å². The smallest absolute Gasteiger partial charge is 0.258 e. The van der Waals surface area contributed by atoms with Crippen LogP contribution in [0.1, 0.15) is 23.2 Å². The number of ether oxygens (including phenoxy) is 1. The van der Waals surface area contributed by atoms with E-state index >= 15 is 0 Å². The molecule has 6 nitrogen and oxygen atoms in total. The molecule has 3 aromatic rings. The van der Waals surface area contributed by atoms with Gasteiger partial charge in [-0.15, -0.1) is 0 Å². The van der Waals surface area contributed by atoms with Crippen molar-refractivity contribution in [2.45, 2.75) is 19.9 Å². The molecule has 0 fully saturated rings. The number of furan rings is 1. The van der Waals surface area contributed by atoms with Crippen LogP contribution in [0.25, 0.3) is 0 Å². The van der Waals surface area contributed by atoms with Gasteiger partial charge in [-0.05, 0) is 50.2 Å². The number of aryl methyl sites for hydroxylation is 2. The minimum absolute atomic E-state index is 0.163. The van der Waals surface area contributed by atoms with Crippen LogP contribution in [-0.4, -0.2) is 28.8 Å². The average Bonchev–Trinajstić information content (AvgIpc) is 3.25. The number of nitrogens with zero attached hydrogens (tertiary/aromatic N) is 2. The third-order valence-corrected chi connectivity index (χ3v) is 4.49. The van der Waals surface area contributed by atoms with Crippen molar-refractivity contribution in [3.63, 3.8) is 0 Å². The van der Waals surface area contributed by atoms with E-state index in [0.29, 0.717) is 28.1 Å². The summed E-state index contributed by atoms with van der Waals surface area (Å²) in [6, 6.07) is 10.2. The fourth-order valence-electron chi connectivity index (χ4n) is 2.75. The molecule has 8 heteroatoms. The van der Waals surface area contributed by atoms with E-state index in [1.165, 1.54) is 0 Å². The molecule has 0 bridgehead atoms. The Morgan fingerprint density at radius 1 is 1.30 bits per heavy atom. The number of nitrogens with one attached hydrogen (secondary N) is 1. The first-order chi connectivity index (χ1) is 12.9. The lowest BCUT2D eigenvalue weighted by Crippen LogP contribution is -2.35. The van der Waals surface area contributed by atoms with Crippen molar-refractivity contribution in [3.8, 4) is 5.75 Å². The summed E-state index contributed by atoms with van der Waals surface area (Å²) in [5, 5.41) is 8.21. The van der Waals surface area contributed by atoms with Crippen molar-refractivity contribution in [1.29, 1.82) is 0 Å². The van der Waals surface area contributed by atoms with Crippen LogP contribution in [-0.2, 0) is 4.79 Å². The molecular formula is C19H19Cl2N3O3. The van der Waals surface area contributed by atoms with Gasteiger partial charge in [-0.25, -0.2) is 0 Å². The molecule has 0 aliphatic heterocycles. The maximum absolute atomic E-state index is 12.2. The lowest BCUT2D eigenvalue weighted by Gasteiger charge is -2.18. The second-order valence-corrected chi connectivity index (χ2v) is 6.91. The molecule has 1 amide bonds. The van der Waals surface area contributed by atoms with E-state index in [4.69, 9.17) is 32.4 Å². The van der Waals surface area contributed by atoms with E-state index in [1.54, 1.807) is 24.5 Å². The van der Waals surface area contributed by atoms with Gasteiger partial charge in [0.1, 0.15) is 17.6 Å². The van der Waals surface area contributed by atoms with Crippen molar-refractivity contribution in [2.24, 2.45) is 0 Å². The number of carbonyl (C=O) groups is 1. The van der Waals surface area contributed by atoms with Gasteiger partial charge in [-0.2, -0.15) is 5.10 Å². The topological polar surface area (TPSA) is 69.3 Å². The van der Waals surface area contributed by atoms with Crippen molar-refractivity contribution >= 4 is 29.1 Å². The summed E-state index contributed by atoms with van der Waals surface area (Å²) < 4.78 is 12.8. The molecule has 0 aliphatic rings. The Balaban J connectivity index is 1.63. The zero-order valence-electron chi connectivity index (χ0n) is 14.9. The highest BCUT2D eigenvalue weighted by Gasteiger charge is 2.20. The van der Waals surface area contributed by atoms with E-state index in [9.17, 15) is 4.79 Å². The normalized spacial score (nSPS) is 12.0. The first-order valence-electron chi connectivity index (χ1n) is 8.34. The predicted molar refractivity (Wildman–Crippen MR) is 104 cm³/mol. The number of hydrogen-bond acceptors (Lipinski definition) is 4. The van der Waals surface area contributed by atoms with E-state index < -0.39 is 0 Å². The minimum Gasteiger partial charge on any atom is -0.482 e. The summed E-state index contributed by atoms with van der Waals surface area (Å²) >= 11 is 11.9. The van der Waals surface area contributed by atoms with Gasteiger partial charge >= 0.3 is 0 Å². The largest absolute Gasteiger partial charge is 0.482 e. The number of rotatable bonds is 7. The molecule has 0 spiro atoms. The highest BCUT2D eigenvalue weighted by molar-refractivity contribution is 6.35. The molecule has 1 aromatic carbocycles.